The SMILES string of the molecule is Cc1cccc(Oc2c(C)cc(C(N)=O)cc2C)c1N. The zero-order valence-electron chi connectivity index (χ0n) is 11.9. The summed E-state index contributed by atoms with van der Waals surface area (Å²) < 4.78 is 5.91. The fourth-order valence-corrected chi connectivity index (χ4v) is 2.11. The first-order valence-corrected chi connectivity index (χ1v) is 6.34. The number of anilines is 1. The monoisotopic (exact) mass is 270 g/mol. The van der Waals surface area contributed by atoms with Crippen LogP contribution in [0.25, 0.3) is 0 Å². The van der Waals surface area contributed by atoms with Gasteiger partial charge in [0.2, 0.25) is 5.91 Å². The summed E-state index contributed by atoms with van der Waals surface area (Å²) in [5.41, 5.74) is 15.1. The van der Waals surface area contributed by atoms with Crippen molar-refractivity contribution in [3.8, 4) is 11.5 Å². The first kappa shape index (κ1) is 13.9. The van der Waals surface area contributed by atoms with Gasteiger partial charge in [0.05, 0.1) is 5.69 Å². The molecule has 4 nitrogen and oxygen atoms in total. The molecule has 0 saturated carbocycles. The maximum atomic E-state index is 11.2. The van der Waals surface area contributed by atoms with Crippen LogP contribution < -0.4 is 16.2 Å². The van der Waals surface area contributed by atoms with Gasteiger partial charge in [-0.25, -0.2) is 0 Å². The molecule has 2 aromatic carbocycles. The van der Waals surface area contributed by atoms with Crippen molar-refractivity contribution in [2.75, 3.05) is 5.73 Å². The Hall–Kier alpha value is -2.49. The summed E-state index contributed by atoms with van der Waals surface area (Å²) in [5.74, 6) is 0.869. The highest BCUT2D eigenvalue weighted by Crippen LogP contribution is 2.34. The van der Waals surface area contributed by atoms with Crippen LogP contribution in [0.3, 0.4) is 0 Å². The topological polar surface area (TPSA) is 78.3 Å². The van der Waals surface area contributed by atoms with Gasteiger partial charge in [-0.2, -0.15) is 0 Å². The Morgan fingerprint density at radius 3 is 2.20 bits per heavy atom. The van der Waals surface area contributed by atoms with Gasteiger partial charge in [0, 0.05) is 5.56 Å². The standard InChI is InChI=1S/C16H18N2O2/c1-9-5-4-6-13(14(9)17)20-15-10(2)7-12(16(18)19)8-11(15)3/h4-8H,17H2,1-3H3,(H2,18,19). The summed E-state index contributed by atoms with van der Waals surface area (Å²) in [6, 6.07) is 9.08. The Morgan fingerprint density at radius 2 is 1.65 bits per heavy atom. The van der Waals surface area contributed by atoms with Crippen molar-refractivity contribution in [2.45, 2.75) is 20.8 Å². The van der Waals surface area contributed by atoms with Gasteiger partial charge >= 0.3 is 0 Å². The van der Waals surface area contributed by atoms with Gasteiger partial charge in [0.1, 0.15) is 5.75 Å². The Bertz CT molecular complexity index is 655. The van der Waals surface area contributed by atoms with Gasteiger partial charge in [0.25, 0.3) is 0 Å². The number of nitrogens with two attached hydrogens (primary N) is 2. The third-order valence-electron chi connectivity index (χ3n) is 3.24. The Labute approximate surface area is 118 Å². The number of hydrogen-bond donors (Lipinski definition) is 2. The lowest BCUT2D eigenvalue weighted by atomic mass is 10.1. The van der Waals surface area contributed by atoms with Crippen LogP contribution in [-0.2, 0) is 0 Å². The molecular formula is C16H18N2O2. The molecule has 0 aromatic heterocycles. The number of aryl methyl sites for hydroxylation is 3. The number of amides is 1. The fraction of sp³-hybridized carbons (Fsp3) is 0.188. The van der Waals surface area contributed by atoms with Crippen LogP contribution >= 0.6 is 0 Å². The summed E-state index contributed by atoms with van der Waals surface area (Å²) >= 11 is 0. The number of nitrogen functional groups attached to an aromatic ring is 1. The van der Waals surface area contributed by atoms with E-state index in [0.717, 1.165) is 16.7 Å². The summed E-state index contributed by atoms with van der Waals surface area (Å²) in [6.07, 6.45) is 0. The molecule has 4 heteroatoms. The molecule has 0 heterocycles. The zero-order valence-corrected chi connectivity index (χ0v) is 11.9. The number of carbonyl (C=O) groups excluding carboxylic acids is 1. The van der Waals surface area contributed by atoms with Crippen LogP contribution in [0.1, 0.15) is 27.0 Å². The molecule has 104 valence electrons. The van der Waals surface area contributed by atoms with E-state index in [0.29, 0.717) is 22.7 Å². The molecule has 0 saturated heterocycles. The van der Waals surface area contributed by atoms with E-state index in [1.165, 1.54) is 0 Å². The lowest BCUT2D eigenvalue weighted by Crippen LogP contribution is -2.11. The average Bonchev–Trinajstić information content (AvgIpc) is 2.38. The number of hydrogen-bond acceptors (Lipinski definition) is 3. The second kappa shape index (κ2) is 5.25. The Kier molecular flexibility index (Phi) is 3.66. The predicted octanol–water partition coefficient (Wildman–Crippen LogP) is 3.09. The maximum absolute atomic E-state index is 11.2. The van der Waals surface area contributed by atoms with E-state index in [1.807, 2.05) is 39.0 Å². The van der Waals surface area contributed by atoms with Gasteiger partial charge in [-0.3, -0.25) is 4.79 Å². The van der Waals surface area contributed by atoms with E-state index in [4.69, 9.17) is 16.2 Å². The zero-order chi connectivity index (χ0) is 14.9. The molecule has 20 heavy (non-hydrogen) atoms. The third-order valence-corrected chi connectivity index (χ3v) is 3.24. The van der Waals surface area contributed by atoms with E-state index in [9.17, 15) is 4.79 Å². The van der Waals surface area contributed by atoms with Gasteiger partial charge in [0.15, 0.2) is 5.75 Å². The summed E-state index contributed by atoms with van der Waals surface area (Å²) in [6.45, 7) is 5.68. The molecular weight excluding hydrogens is 252 g/mol. The second-order valence-electron chi connectivity index (χ2n) is 4.89. The van der Waals surface area contributed by atoms with Crippen molar-refractivity contribution >= 4 is 11.6 Å². The minimum absolute atomic E-state index is 0.446. The predicted molar refractivity (Wildman–Crippen MR) is 80.1 cm³/mol. The minimum Gasteiger partial charge on any atom is -0.455 e. The molecule has 2 rings (SSSR count). The van der Waals surface area contributed by atoms with Crippen LogP contribution in [-0.4, -0.2) is 5.91 Å². The highest BCUT2D eigenvalue weighted by Gasteiger charge is 2.12. The lowest BCUT2D eigenvalue weighted by molar-refractivity contribution is 0.1000. The Morgan fingerprint density at radius 1 is 1.05 bits per heavy atom. The largest absolute Gasteiger partial charge is 0.455 e. The van der Waals surface area contributed by atoms with Gasteiger partial charge in [-0.1, -0.05) is 12.1 Å². The highest BCUT2D eigenvalue weighted by atomic mass is 16.5. The van der Waals surface area contributed by atoms with Crippen LogP contribution in [0.2, 0.25) is 0 Å². The van der Waals surface area contributed by atoms with Gasteiger partial charge in [-0.05, 0) is 55.7 Å². The molecule has 0 spiro atoms. The quantitative estimate of drug-likeness (QED) is 0.841. The van der Waals surface area contributed by atoms with Crippen LogP contribution in [0.15, 0.2) is 30.3 Å². The molecule has 1 amide bonds. The molecule has 0 bridgehead atoms. The average molecular weight is 270 g/mol. The molecule has 0 fully saturated rings. The van der Waals surface area contributed by atoms with Crippen molar-refractivity contribution < 1.29 is 9.53 Å². The van der Waals surface area contributed by atoms with Crippen molar-refractivity contribution in [1.29, 1.82) is 0 Å². The van der Waals surface area contributed by atoms with E-state index < -0.39 is 5.91 Å². The molecule has 2 aromatic rings. The Balaban J connectivity index is 2.44. The van der Waals surface area contributed by atoms with Crippen molar-refractivity contribution in [3.05, 3.63) is 52.6 Å². The third kappa shape index (κ3) is 2.59. The van der Waals surface area contributed by atoms with Crippen molar-refractivity contribution in [1.82, 2.24) is 0 Å². The molecule has 0 aliphatic carbocycles. The molecule has 0 atom stereocenters. The van der Waals surface area contributed by atoms with E-state index in [1.54, 1.807) is 12.1 Å². The fourth-order valence-electron chi connectivity index (χ4n) is 2.11. The number of para-hydroxylation sites is 1. The number of rotatable bonds is 3. The molecule has 0 aliphatic heterocycles. The number of carbonyl (C=O) groups is 1. The first-order chi connectivity index (χ1) is 9.40. The molecule has 4 N–H and O–H groups in total. The van der Waals surface area contributed by atoms with E-state index in [2.05, 4.69) is 0 Å². The van der Waals surface area contributed by atoms with Gasteiger partial charge in [-0.15, -0.1) is 0 Å². The minimum atomic E-state index is -0.446. The number of ether oxygens (including phenoxy) is 1. The first-order valence-electron chi connectivity index (χ1n) is 6.34. The highest BCUT2D eigenvalue weighted by molar-refractivity contribution is 5.93. The number of primary amides is 1. The van der Waals surface area contributed by atoms with Crippen molar-refractivity contribution in [3.63, 3.8) is 0 Å². The molecule has 0 radical (unpaired) electrons. The maximum Gasteiger partial charge on any atom is 0.248 e. The lowest BCUT2D eigenvalue weighted by Gasteiger charge is -2.15. The van der Waals surface area contributed by atoms with Crippen LogP contribution in [0, 0.1) is 20.8 Å². The summed E-state index contributed by atoms with van der Waals surface area (Å²) in [5, 5.41) is 0. The van der Waals surface area contributed by atoms with Gasteiger partial charge < -0.3 is 16.2 Å². The van der Waals surface area contributed by atoms with Crippen LogP contribution in [0.5, 0.6) is 11.5 Å². The van der Waals surface area contributed by atoms with E-state index >= 15 is 0 Å². The van der Waals surface area contributed by atoms with Crippen molar-refractivity contribution in [2.24, 2.45) is 5.73 Å². The van der Waals surface area contributed by atoms with Crippen LogP contribution in [0.4, 0.5) is 5.69 Å². The summed E-state index contributed by atoms with van der Waals surface area (Å²) in [7, 11) is 0. The molecule has 0 aliphatic rings. The summed E-state index contributed by atoms with van der Waals surface area (Å²) in [4.78, 5) is 11.2. The smallest absolute Gasteiger partial charge is 0.248 e. The number of benzene rings is 2. The molecule has 0 unspecified atom stereocenters. The van der Waals surface area contributed by atoms with E-state index in [-0.39, 0.29) is 0 Å². The normalized spacial score (nSPS) is 10.3. The second-order valence-corrected chi connectivity index (χ2v) is 4.89.